The Hall–Kier alpha value is -2.47. The zero-order valence-corrected chi connectivity index (χ0v) is 17.6. The summed E-state index contributed by atoms with van der Waals surface area (Å²) in [6, 6.07) is 7.89. The number of hydrogen-bond donors (Lipinski definition) is 0. The van der Waals surface area contributed by atoms with Crippen LogP contribution in [0.4, 0.5) is 0 Å². The predicted octanol–water partition coefficient (Wildman–Crippen LogP) is 3.73. The number of para-hydroxylation sites is 1. The smallest absolute Gasteiger partial charge is 0.289 e. The molecule has 2 aliphatic rings. The molecule has 0 N–H and O–H groups in total. The number of nitrogens with zero attached hydrogens (tertiary/aromatic N) is 2. The maximum atomic E-state index is 12.9. The van der Waals surface area contributed by atoms with Gasteiger partial charge < -0.3 is 18.8 Å². The summed E-state index contributed by atoms with van der Waals surface area (Å²) in [5.41, 5.74) is 2.22. The molecular weight excluding hydrogens is 368 g/mol. The highest BCUT2D eigenvalue weighted by atomic mass is 16.5. The molecule has 1 spiro atoms. The standard InChI is InChI=1S/C23H30N2O4/c1-17-8-13-29-20(17)22(26)25-12-10-23(16-25)9-5-11-24(15-23)14-18-6-4-7-19(27-2)21(18)28-3/h4,6-8,13H,5,9-12,14-16H2,1-3H3/t23-/m1/s1. The molecule has 2 fully saturated rings. The topological polar surface area (TPSA) is 55.2 Å². The molecule has 0 aliphatic carbocycles. The van der Waals surface area contributed by atoms with E-state index in [2.05, 4.69) is 11.0 Å². The van der Waals surface area contributed by atoms with Crippen molar-refractivity contribution in [3.63, 3.8) is 0 Å². The summed E-state index contributed by atoms with van der Waals surface area (Å²) in [6.07, 6.45) is 4.95. The highest BCUT2D eigenvalue weighted by Gasteiger charge is 2.43. The number of amides is 1. The number of benzene rings is 1. The lowest BCUT2D eigenvalue weighted by Crippen LogP contribution is -2.45. The number of hydrogen-bond acceptors (Lipinski definition) is 5. The minimum Gasteiger partial charge on any atom is -0.493 e. The first-order valence-electron chi connectivity index (χ1n) is 10.3. The fourth-order valence-electron chi connectivity index (χ4n) is 4.94. The molecule has 2 aliphatic heterocycles. The van der Waals surface area contributed by atoms with Crippen molar-refractivity contribution >= 4 is 5.91 Å². The van der Waals surface area contributed by atoms with E-state index in [1.165, 1.54) is 6.42 Å². The molecule has 156 valence electrons. The maximum absolute atomic E-state index is 12.9. The zero-order chi connectivity index (χ0) is 20.4. The average molecular weight is 399 g/mol. The van der Waals surface area contributed by atoms with Gasteiger partial charge >= 0.3 is 0 Å². The lowest BCUT2D eigenvalue weighted by molar-refractivity contribution is 0.0649. The minimum absolute atomic E-state index is 0.0240. The van der Waals surface area contributed by atoms with Gasteiger partial charge in [0.05, 0.1) is 20.5 Å². The molecule has 4 rings (SSSR count). The van der Waals surface area contributed by atoms with Crippen LogP contribution in [0.15, 0.2) is 34.9 Å². The molecule has 2 aromatic rings. The molecule has 6 heteroatoms. The first-order valence-corrected chi connectivity index (χ1v) is 10.3. The summed E-state index contributed by atoms with van der Waals surface area (Å²) in [4.78, 5) is 17.3. The van der Waals surface area contributed by atoms with Crippen molar-refractivity contribution in [1.82, 2.24) is 9.80 Å². The molecule has 0 unspecified atom stereocenters. The molecule has 2 saturated heterocycles. The monoisotopic (exact) mass is 398 g/mol. The second-order valence-corrected chi connectivity index (χ2v) is 8.38. The maximum Gasteiger partial charge on any atom is 0.289 e. The highest BCUT2D eigenvalue weighted by molar-refractivity contribution is 5.93. The van der Waals surface area contributed by atoms with Crippen LogP contribution in [0, 0.1) is 12.3 Å². The van der Waals surface area contributed by atoms with E-state index >= 15 is 0 Å². The van der Waals surface area contributed by atoms with Crippen LogP contribution < -0.4 is 9.47 Å². The van der Waals surface area contributed by atoms with Crippen LogP contribution in [-0.4, -0.2) is 56.1 Å². The Morgan fingerprint density at radius 2 is 2.00 bits per heavy atom. The van der Waals surface area contributed by atoms with Crippen LogP contribution >= 0.6 is 0 Å². The Morgan fingerprint density at radius 1 is 1.14 bits per heavy atom. The SMILES string of the molecule is COc1cccc(CN2CCC[C@@]3(CCN(C(=O)c4occc4C)C3)C2)c1OC. The number of piperidine rings is 1. The van der Waals surface area contributed by atoms with Gasteiger partial charge in [-0.2, -0.15) is 0 Å². The largest absolute Gasteiger partial charge is 0.493 e. The Bertz CT molecular complexity index is 878. The predicted molar refractivity (Wildman–Crippen MR) is 110 cm³/mol. The van der Waals surface area contributed by atoms with Gasteiger partial charge in [-0.3, -0.25) is 9.69 Å². The van der Waals surface area contributed by atoms with E-state index in [9.17, 15) is 4.79 Å². The zero-order valence-electron chi connectivity index (χ0n) is 17.6. The van der Waals surface area contributed by atoms with E-state index in [1.54, 1.807) is 20.5 Å². The second kappa shape index (κ2) is 8.11. The molecular formula is C23H30N2O4. The van der Waals surface area contributed by atoms with Crippen LogP contribution in [0.25, 0.3) is 0 Å². The summed E-state index contributed by atoms with van der Waals surface area (Å²) in [6.45, 7) is 6.41. The van der Waals surface area contributed by atoms with Crippen molar-refractivity contribution in [1.29, 1.82) is 0 Å². The van der Waals surface area contributed by atoms with Gasteiger partial charge in [0, 0.05) is 42.7 Å². The van der Waals surface area contributed by atoms with Crippen LogP contribution in [0.2, 0.25) is 0 Å². The third kappa shape index (κ3) is 3.86. The van der Waals surface area contributed by atoms with Gasteiger partial charge in [0.2, 0.25) is 0 Å². The summed E-state index contributed by atoms with van der Waals surface area (Å²) >= 11 is 0. The van der Waals surface area contributed by atoms with Crippen molar-refractivity contribution in [2.45, 2.75) is 32.7 Å². The van der Waals surface area contributed by atoms with Crippen LogP contribution in [-0.2, 0) is 6.54 Å². The molecule has 1 amide bonds. The fourth-order valence-corrected chi connectivity index (χ4v) is 4.94. The number of likely N-dealkylation sites (tertiary alicyclic amines) is 2. The summed E-state index contributed by atoms with van der Waals surface area (Å²) < 4.78 is 16.5. The third-order valence-electron chi connectivity index (χ3n) is 6.40. The van der Waals surface area contributed by atoms with E-state index in [4.69, 9.17) is 13.9 Å². The van der Waals surface area contributed by atoms with E-state index < -0.39 is 0 Å². The number of carbonyl (C=O) groups excluding carboxylic acids is 1. The van der Waals surface area contributed by atoms with E-state index in [0.29, 0.717) is 5.76 Å². The summed E-state index contributed by atoms with van der Waals surface area (Å²) in [5.74, 6) is 2.08. The van der Waals surface area contributed by atoms with Crippen molar-refractivity contribution in [2.24, 2.45) is 5.41 Å². The van der Waals surface area contributed by atoms with Gasteiger partial charge in [-0.1, -0.05) is 12.1 Å². The Balaban J connectivity index is 1.45. The van der Waals surface area contributed by atoms with Gasteiger partial charge in [-0.25, -0.2) is 0 Å². The lowest BCUT2D eigenvalue weighted by atomic mass is 9.79. The number of ether oxygens (including phenoxy) is 2. The first-order chi connectivity index (χ1) is 14.0. The molecule has 0 saturated carbocycles. The normalized spacial score (nSPS) is 22.2. The van der Waals surface area contributed by atoms with E-state index in [-0.39, 0.29) is 11.3 Å². The lowest BCUT2D eigenvalue weighted by Gasteiger charge is -2.40. The van der Waals surface area contributed by atoms with Crippen LogP contribution in [0.5, 0.6) is 11.5 Å². The van der Waals surface area contributed by atoms with Crippen molar-refractivity contribution in [2.75, 3.05) is 40.4 Å². The average Bonchev–Trinajstić information content (AvgIpc) is 3.34. The van der Waals surface area contributed by atoms with Crippen LogP contribution in [0.1, 0.15) is 40.9 Å². The van der Waals surface area contributed by atoms with E-state index in [0.717, 1.165) is 68.2 Å². The van der Waals surface area contributed by atoms with E-state index in [1.807, 2.05) is 30.0 Å². The molecule has 1 atom stereocenters. The van der Waals surface area contributed by atoms with Gasteiger partial charge in [0.15, 0.2) is 17.3 Å². The molecule has 0 radical (unpaired) electrons. The number of rotatable bonds is 5. The quantitative estimate of drug-likeness (QED) is 0.768. The van der Waals surface area contributed by atoms with Crippen molar-refractivity contribution < 1.29 is 18.7 Å². The minimum atomic E-state index is 0.0240. The molecule has 6 nitrogen and oxygen atoms in total. The first kappa shape index (κ1) is 19.8. The number of carbonyl (C=O) groups is 1. The third-order valence-corrected chi connectivity index (χ3v) is 6.40. The van der Waals surface area contributed by atoms with Crippen molar-refractivity contribution in [3.8, 4) is 11.5 Å². The number of aryl methyl sites for hydroxylation is 1. The Morgan fingerprint density at radius 3 is 2.72 bits per heavy atom. The highest BCUT2D eigenvalue weighted by Crippen LogP contribution is 2.41. The van der Waals surface area contributed by atoms with Gasteiger partial charge in [-0.05, 0) is 44.9 Å². The summed E-state index contributed by atoms with van der Waals surface area (Å²) in [5, 5.41) is 0. The van der Waals surface area contributed by atoms with Crippen molar-refractivity contribution in [3.05, 3.63) is 47.4 Å². The van der Waals surface area contributed by atoms with Crippen LogP contribution in [0.3, 0.4) is 0 Å². The van der Waals surface area contributed by atoms with Gasteiger partial charge in [0.1, 0.15) is 0 Å². The molecule has 29 heavy (non-hydrogen) atoms. The molecule has 1 aromatic carbocycles. The molecule has 0 bridgehead atoms. The van der Waals surface area contributed by atoms with Gasteiger partial charge in [-0.15, -0.1) is 0 Å². The summed E-state index contributed by atoms with van der Waals surface area (Å²) in [7, 11) is 3.36. The fraction of sp³-hybridized carbons (Fsp3) is 0.522. The Labute approximate surface area is 172 Å². The van der Waals surface area contributed by atoms with Gasteiger partial charge in [0.25, 0.3) is 5.91 Å². The Kier molecular flexibility index (Phi) is 5.54. The number of furan rings is 1. The molecule has 1 aromatic heterocycles. The molecule has 3 heterocycles. The second-order valence-electron chi connectivity index (χ2n) is 8.38. The number of methoxy groups -OCH3 is 2.